The van der Waals surface area contributed by atoms with Gasteiger partial charge in [0.2, 0.25) is 5.88 Å². The van der Waals surface area contributed by atoms with Crippen molar-refractivity contribution in [2.75, 3.05) is 13.2 Å². The normalized spacial score (nSPS) is 11.6. The Morgan fingerprint density at radius 3 is 2.69 bits per heavy atom. The molecule has 0 aliphatic carbocycles. The largest absolute Gasteiger partial charge is 0.474 e. The van der Waals surface area contributed by atoms with Crippen LogP contribution in [-0.2, 0) is 0 Å². The monoisotopic (exact) mass is 226 g/mol. The minimum atomic E-state index is -0.149. The zero-order valence-electron chi connectivity index (χ0n) is 9.14. The second kappa shape index (κ2) is 5.26. The number of nitrogens with zero attached hydrogens (tertiary/aromatic N) is 3. The number of amidine groups is 1. The summed E-state index contributed by atoms with van der Waals surface area (Å²) in [4.78, 5) is 0. The van der Waals surface area contributed by atoms with E-state index in [-0.39, 0.29) is 24.9 Å². The predicted octanol–water partition coefficient (Wildman–Crippen LogP) is -0.441. The van der Waals surface area contributed by atoms with Crippen molar-refractivity contribution >= 4 is 5.84 Å². The van der Waals surface area contributed by atoms with Gasteiger partial charge in [-0.05, 0) is 19.4 Å². The van der Waals surface area contributed by atoms with Crippen molar-refractivity contribution in [1.29, 1.82) is 0 Å². The predicted molar refractivity (Wildman–Crippen MR) is 56.6 cm³/mol. The highest BCUT2D eigenvalue weighted by atomic mass is 16.5. The van der Waals surface area contributed by atoms with Crippen molar-refractivity contribution in [3.8, 4) is 5.88 Å². The summed E-state index contributed by atoms with van der Waals surface area (Å²) in [6.07, 6.45) is 0. The van der Waals surface area contributed by atoms with Gasteiger partial charge in [0.05, 0.1) is 17.9 Å². The van der Waals surface area contributed by atoms with E-state index in [0.29, 0.717) is 11.3 Å². The minimum absolute atomic E-state index is 0.0723. The molecule has 0 unspecified atom stereocenters. The number of aryl methyl sites for hydroxylation is 1. The third-order valence-electron chi connectivity index (χ3n) is 2.12. The number of ether oxygens (including phenoxy) is 1. The molecule has 0 radical (unpaired) electrons. The van der Waals surface area contributed by atoms with Gasteiger partial charge in [0.25, 0.3) is 0 Å². The van der Waals surface area contributed by atoms with Crippen molar-refractivity contribution in [1.82, 2.24) is 10.2 Å². The molecular weight excluding hydrogens is 212 g/mol. The summed E-state index contributed by atoms with van der Waals surface area (Å²) in [6.45, 7) is 3.45. The first-order valence-corrected chi connectivity index (χ1v) is 4.67. The molecule has 0 aliphatic rings. The van der Waals surface area contributed by atoms with Crippen LogP contribution in [0.2, 0.25) is 0 Å². The molecular formula is C9H14N4O3. The van der Waals surface area contributed by atoms with Gasteiger partial charge in [-0.25, -0.2) is 0 Å². The summed E-state index contributed by atoms with van der Waals surface area (Å²) in [5.74, 6) is 0.0517. The molecule has 1 aromatic heterocycles. The van der Waals surface area contributed by atoms with Crippen molar-refractivity contribution in [2.45, 2.75) is 13.8 Å². The van der Waals surface area contributed by atoms with Gasteiger partial charge >= 0.3 is 0 Å². The summed E-state index contributed by atoms with van der Waals surface area (Å²) in [5.41, 5.74) is 7.30. The molecule has 0 amide bonds. The first kappa shape index (κ1) is 12.2. The number of aliphatic hydroxyl groups excluding tert-OH is 1. The number of oxime groups is 1. The molecule has 0 atom stereocenters. The van der Waals surface area contributed by atoms with Gasteiger partial charge in [-0.3, -0.25) is 0 Å². The molecule has 0 bridgehead atoms. The number of hydrogen-bond acceptors (Lipinski definition) is 6. The highest BCUT2D eigenvalue weighted by Gasteiger charge is 2.16. The van der Waals surface area contributed by atoms with E-state index in [9.17, 15) is 0 Å². The van der Waals surface area contributed by atoms with E-state index >= 15 is 0 Å². The van der Waals surface area contributed by atoms with Gasteiger partial charge in [-0.15, -0.1) is 5.10 Å². The second-order valence-corrected chi connectivity index (χ2v) is 3.15. The molecule has 1 heterocycles. The molecule has 16 heavy (non-hydrogen) atoms. The van der Waals surface area contributed by atoms with Crippen molar-refractivity contribution < 1.29 is 15.1 Å². The highest BCUT2D eigenvalue weighted by Crippen LogP contribution is 2.19. The Labute approximate surface area is 92.6 Å². The summed E-state index contributed by atoms with van der Waals surface area (Å²) >= 11 is 0. The van der Waals surface area contributed by atoms with E-state index in [0.717, 1.165) is 5.56 Å². The summed E-state index contributed by atoms with van der Waals surface area (Å²) < 4.78 is 5.15. The van der Waals surface area contributed by atoms with Crippen LogP contribution in [0.4, 0.5) is 0 Å². The van der Waals surface area contributed by atoms with Crippen LogP contribution in [0, 0.1) is 13.8 Å². The lowest BCUT2D eigenvalue weighted by atomic mass is 10.1. The van der Waals surface area contributed by atoms with Crippen LogP contribution in [0.1, 0.15) is 16.8 Å². The Kier molecular flexibility index (Phi) is 4.01. The summed E-state index contributed by atoms with van der Waals surface area (Å²) in [6, 6.07) is 0. The van der Waals surface area contributed by atoms with Crippen LogP contribution >= 0.6 is 0 Å². The van der Waals surface area contributed by atoms with E-state index in [4.69, 9.17) is 20.8 Å². The van der Waals surface area contributed by atoms with E-state index < -0.39 is 0 Å². The third-order valence-corrected chi connectivity index (χ3v) is 2.12. The SMILES string of the molecule is Cc1nnc(OCCO)c(/C(N)=N/O)c1C. The molecule has 4 N–H and O–H groups in total. The zero-order valence-corrected chi connectivity index (χ0v) is 9.14. The van der Waals surface area contributed by atoms with Crippen LogP contribution in [0.25, 0.3) is 0 Å². The Morgan fingerprint density at radius 2 is 2.12 bits per heavy atom. The molecule has 7 heteroatoms. The summed E-state index contributed by atoms with van der Waals surface area (Å²) in [5, 5.41) is 27.9. The first-order chi connectivity index (χ1) is 7.61. The average molecular weight is 226 g/mol. The minimum Gasteiger partial charge on any atom is -0.474 e. The Bertz CT molecular complexity index is 406. The highest BCUT2D eigenvalue weighted by molar-refractivity contribution is 6.00. The van der Waals surface area contributed by atoms with Crippen molar-refractivity contribution in [2.24, 2.45) is 10.9 Å². The summed E-state index contributed by atoms with van der Waals surface area (Å²) in [7, 11) is 0. The molecule has 0 saturated carbocycles. The lowest BCUT2D eigenvalue weighted by Gasteiger charge is -2.11. The molecule has 0 aromatic carbocycles. The smallest absolute Gasteiger partial charge is 0.245 e. The van der Waals surface area contributed by atoms with E-state index in [1.54, 1.807) is 13.8 Å². The number of hydrogen-bond donors (Lipinski definition) is 3. The molecule has 1 aromatic rings. The van der Waals surface area contributed by atoms with Crippen LogP contribution in [0.3, 0.4) is 0 Å². The van der Waals surface area contributed by atoms with Crippen molar-refractivity contribution in [3.05, 3.63) is 16.8 Å². The maximum Gasteiger partial charge on any atom is 0.245 e. The van der Waals surface area contributed by atoms with E-state index in [1.165, 1.54) is 0 Å². The Hall–Kier alpha value is -1.89. The van der Waals surface area contributed by atoms with Gasteiger partial charge < -0.3 is 20.8 Å². The molecule has 0 saturated heterocycles. The molecule has 88 valence electrons. The molecule has 0 spiro atoms. The molecule has 0 aliphatic heterocycles. The standard InChI is InChI=1S/C9H14N4O3/c1-5-6(2)11-12-9(16-4-3-14)7(5)8(10)13-15/h14-15H,3-4H2,1-2H3,(H2,10,13). The lowest BCUT2D eigenvalue weighted by Crippen LogP contribution is -2.19. The number of aromatic nitrogens is 2. The van der Waals surface area contributed by atoms with Crippen molar-refractivity contribution in [3.63, 3.8) is 0 Å². The van der Waals surface area contributed by atoms with Crippen LogP contribution in [0.15, 0.2) is 5.16 Å². The first-order valence-electron chi connectivity index (χ1n) is 4.67. The van der Waals surface area contributed by atoms with Gasteiger partial charge in [0.1, 0.15) is 6.61 Å². The molecule has 0 fully saturated rings. The van der Waals surface area contributed by atoms with E-state index in [1.807, 2.05) is 0 Å². The second-order valence-electron chi connectivity index (χ2n) is 3.15. The third kappa shape index (κ3) is 2.37. The van der Waals surface area contributed by atoms with Gasteiger partial charge in [-0.2, -0.15) is 5.10 Å². The van der Waals surface area contributed by atoms with Gasteiger partial charge in [0, 0.05) is 0 Å². The molecule has 1 rings (SSSR count). The Balaban J connectivity index is 3.22. The fourth-order valence-electron chi connectivity index (χ4n) is 1.18. The number of aliphatic hydroxyl groups is 1. The van der Waals surface area contributed by atoms with Gasteiger partial charge in [0.15, 0.2) is 5.84 Å². The fraction of sp³-hybridized carbons (Fsp3) is 0.444. The molecule has 7 nitrogen and oxygen atoms in total. The average Bonchev–Trinajstić information content (AvgIpc) is 2.29. The maximum absolute atomic E-state index is 8.66. The zero-order chi connectivity index (χ0) is 12.1. The maximum atomic E-state index is 8.66. The fourth-order valence-corrected chi connectivity index (χ4v) is 1.18. The van der Waals surface area contributed by atoms with Crippen LogP contribution in [-0.4, -0.2) is 39.6 Å². The van der Waals surface area contributed by atoms with Gasteiger partial charge in [-0.1, -0.05) is 5.16 Å². The number of nitrogens with two attached hydrogens (primary N) is 1. The van der Waals surface area contributed by atoms with Crippen LogP contribution in [0.5, 0.6) is 5.88 Å². The number of rotatable bonds is 4. The lowest BCUT2D eigenvalue weighted by molar-refractivity contribution is 0.195. The topological polar surface area (TPSA) is 114 Å². The Morgan fingerprint density at radius 1 is 1.44 bits per heavy atom. The van der Waals surface area contributed by atoms with E-state index in [2.05, 4.69) is 15.4 Å². The quantitative estimate of drug-likeness (QED) is 0.277. The van der Waals surface area contributed by atoms with Crippen LogP contribution < -0.4 is 10.5 Å².